The van der Waals surface area contributed by atoms with Crippen molar-refractivity contribution in [1.82, 2.24) is 57.2 Å². The van der Waals surface area contributed by atoms with Crippen LogP contribution in [0.1, 0.15) is 96.9 Å². The molecule has 0 saturated carbocycles. The maximum Gasteiger partial charge on any atom is 0.306 e. The van der Waals surface area contributed by atoms with Gasteiger partial charge >= 0.3 is 5.97 Å². The van der Waals surface area contributed by atoms with E-state index in [2.05, 4.69) is 78.4 Å². The van der Waals surface area contributed by atoms with Crippen LogP contribution in [0.3, 0.4) is 0 Å². The van der Waals surface area contributed by atoms with Crippen LogP contribution in [0.15, 0.2) is 67.8 Å². The van der Waals surface area contributed by atoms with Crippen LogP contribution in [0.4, 0.5) is 58.0 Å². The van der Waals surface area contributed by atoms with E-state index in [0.717, 1.165) is 0 Å². The second kappa shape index (κ2) is 29.6. The molecule has 11 N–H and O–H groups in total. The molecule has 1 atom stereocenters. The number of rotatable bonds is 28. The average molecular weight is 1250 g/mol. The third-order valence-corrected chi connectivity index (χ3v) is 13.1. The lowest BCUT2D eigenvalue weighted by Gasteiger charge is -2.16. The first-order valence-electron chi connectivity index (χ1n) is 27.7. The molecule has 0 spiro atoms. The average Bonchev–Trinajstić information content (AvgIpc) is 2.03. The van der Waals surface area contributed by atoms with Gasteiger partial charge in [-0.25, -0.2) is 9.97 Å². The van der Waals surface area contributed by atoms with Gasteiger partial charge in [0, 0.05) is 156 Å². The van der Waals surface area contributed by atoms with Gasteiger partial charge in [0.05, 0.1) is 30.1 Å². The van der Waals surface area contributed by atoms with Crippen molar-refractivity contribution in [3.8, 4) is 0 Å². The number of nitrogens with one attached hydrogen (secondary N) is 11. The van der Waals surface area contributed by atoms with Crippen LogP contribution in [0.5, 0.6) is 0 Å². The zero-order valence-electron chi connectivity index (χ0n) is 50.5. The van der Waals surface area contributed by atoms with Gasteiger partial charge in [0.2, 0.25) is 65.0 Å². The third-order valence-electron chi connectivity index (χ3n) is 13.1. The van der Waals surface area contributed by atoms with Gasteiger partial charge < -0.3 is 84.6 Å². The number of hydrogen-bond donors (Lipinski definition) is 11. The van der Waals surface area contributed by atoms with E-state index in [1.807, 2.05) is 0 Å². The summed E-state index contributed by atoms with van der Waals surface area (Å²) in [6, 6.07) is 3.24. The highest BCUT2D eigenvalue weighted by Crippen LogP contribution is 2.23. The van der Waals surface area contributed by atoms with E-state index in [0.29, 0.717) is 11.5 Å². The fraction of sp³-hybridized carbons (Fsp3) is 0.345. The first kappa shape index (κ1) is 65.9. The topological polar surface area (TPSA) is 432 Å². The Balaban J connectivity index is 0.815. The number of carbonyl (C=O) groups excluding carboxylic acids is 12. The number of esters is 1. The molecule has 0 aliphatic heterocycles. The van der Waals surface area contributed by atoms with Gasteiger partial charge in [0.25, 0.3) is 17.7 Å². The predicted molar refractivity (Wildman–Crippen MR) is 325 cm³/mol. The molecule has 0 radical (unpaired) electrons. The quantitative estimate of drug-likeness (QED) is 0.0313. The Kier molecular flexibility index (Phi) is 21.7. The second-order valence-corrected chi connectivity index (χ2v) is 20.5. The highest BCUT2D eigenvalue weighted by atomic mass is 16.5. The van der Waals surface area contributed by atoms with E-state index >= 15 is 0 Å². The summed E-state index contributed by atoms with van der Waals surface area (Å²) in [5.41, 5.74) is 1.09. The predicted octanol–water partition coefficient (Wildman–Crippen LogP) is 2.25. The largest absolute Gasteiger partial charge is 0.466 e. The summed E-state index contributed by atoms with van der Waals surface area (Å²) in [5, 5.41) is 28.9. The Hall–Kier alpha value is -11.7. The molecule has 7 heterocycles. The molecule has 7 aromatic rings. The van der Waals surface area contributed by atoms with Crippen molar-refractivity contribution >= 4 is 129 Å². The second-order valence-electron chi connectivity index (χ2n) is 20.5. The molecule has 0 bridgehead atoms. The number of anilines is 10. The van der Waals surface area contributed by atoms with E-state index < -0.39 is 77.0 Å². The van der Waals surface area contributed by atoms with Crippen molar-refractivity contribution < 1.29 is 62.3 Å². The van der Waals surface area contributed by atoms with Crippen LogP contribution < -0.4 is 58.5 Å². The number of aromatic nitrogens is 11. The van der Waals surface area contributed by atoms with Gasteiger partial charge in [0.1, 0.15) is 23.4 Å². The molecule has 0 unspecified atom stereocenters. The molecule has 35 heteroatoms. The maximum atomic E-state index is 13.5. The lowest BCUT2D eigenvalue weighted by molar-refractivity contribution is -0.144. The number of nitrogens with zero attached hydrogens (tertiary/aromatic N) is 11. The van der Waals surface area contributed by atoms with E-state index in [-0.39, 0.29) is 122 Å². The summed E-state index contributed by atoms with van der Waals surface area (Å²) in [4.78, 5) is 170. The van der Waals surface area contributed by atoms with E-state index in [1.54, 1.807) is 69.8 Å². The molecule has 0 saturated heterocycles. The van der Waals surface area contributed by atoms with Gasteiger partial charge in [-0.15, -0.1) is 0 Å². The van der Waals surface area contributed by atoms with Gasteiger partial charge in [-0.1, -0.05) is 0 Å². The molecule has 90 heavy (non-hydrogen) atoms. The minimum Gasteiger partial charge on any atom is -0.466 e. The van der Waals surface area contributed by atoms with Gasteiger partial charge in [-0.2, -0.15) is 9.97 Å². The highest BCUT2D eigenvalue weighted by Gasteiger charge is 2.25. The van der Waals surface area contributed by atoms with Crippen molar-refractivity contribution in [3.05, 3.63) is 85.1 Å². The van der Waals surface area contributed by atoms with Crippen LogP contribution in [-0.4, -0.2) is 136 Å². The summed E-state index contributed by atoms with van der Waals surface area (Å²) < 4.78 is 15.2. The van der Waals surface area contributed by atoms with Crippen molar-refractivity contribution in [2.24, 2.45) is 49.3 Å². The Morgan fingerprint density at radius 2 is 0.911 bits per heavy atom. The summed E-state index contributed by atoms with van der Waals surface area (Å²) >= 11 is 0. The van der Waals surface area contributed by atoms with Crippen LogP contribution in [0.2, 0.25) is 0 Å². The molecule has 0 aromatic carbocycles. The smallest absolute Gasteiger partial charge is 0.306 e. The number of imidazole rings is 4. The number of carbonyl (C=O) groups is 12. The lowest BCUT2D eigenvalue weighted by Crippen LogP contribution is -2.43. The Morgan fingerprint density at radius 1 is 0.444 bits per heavy atom. The van der Waals surface area contributed by atoms with Crippen LogP contribution in [-0.2, 0) is 97.2 Å². The summed E-state index contributed by atoms with van der Waals surface area (Å²) in [6.07, 6.45) is 10.4. The zero-order chi connectivity index (χ0) is 65.5. The zero-order valence-corrected chi connectivity index (χ0v) is 50.5. The van der Waals surface area contributed by atoms with Gasteiger partial charge in [-0.05, 0) is 19.4 Å². The van der Waals surface area contributed by atoms with Gasteiger partial charge in [-0.3, -0.25) is 68.2 Å². The third kappa shape index (κ3) is 18.4. The number of aryl methyl sites for hydroxylation is 7. The monoisotopic (exact) mass is 1240 g/mol. The van der Waals surface area contributed by atoms with Gasteiger partial charge in [0.15, 0.2) is 23.3 Å². The summed E-state index contributed by atoms with van der Waals surface area (Å²) in [7, 11) is 11.2. The molecular weight excluding hydrogens is 1180 g/mol. The molecule has 35 nitrogen and oxygen atoms in total. The Bertz CT molecular complexity index is 3910. The number of hydrogen-bond acceptors (Lipinski definition) is 17. The molecule has 7 rings (SSSR count). The molecule has 476 valence electrons. The van der Waals surface area contributed by atoms with Crippen molar-refractivity contribution in [2.75, 3.05) is 59.8 Å². The first-order chi connectivity index (χ1) is 42.7. The normalized spacial score (nSPS) is 11.2. The first-order valence-corrected chi connectivity index (χ1v) is 27.7. The fourth-order valence-electron chi connectivity index (χ4n) is 8.65. The van der Waals surface area contributed by atoms with Crippen LogP contribution >= 0.6 is 0 Å². The minimum absolute atomic E-state index is 0.00799. The van der Waals surface area contributed by atoms with Crippen molar-refractivity contribution in [1.29, 1.82) is 0 Å². The van der Waals surface area contributed by atoms with Crippen LogP contribution in [0, 0.1) is 0 Å². The van der Waals surface area contributed by atoms with E-state index in [9.17, 15) is 57.5 Å². The lowest BCUT2D eigenvalue weighted by atomic mass is 10.1. The maximum absolute atomic E-state index is 13.5. The summed E-state index contributed by atoms with van der Waals surface area (Å²) in [6.45, 7) is 3.05. The van der Waals surface area contributed by atoms with Crippen molar-refractivity contribution in [3.63, 3.8) is 0 Å². The molecule has 7 aromatic heterocycles. The Labute approximate surface area is 512 Å². The molecule has 0 aliphatic carbocycles. The minimum atomic E-state index is -1.21. The number of ether oxygens (including phenoxy) is 1. The molecule has 0 fully saturated rings. The molecule has 0 aliphatic rings. The SMILES string of the molecule is CCOC(=O)CCC(=O)Nc1nc(NC(=O)c2cc(NC(=O)CCC(=O)Nc3nc(NC(=O)[C@@H](CCC(=O)Nc4cc(NC(=O)c5nc(NC(=O)CCC(=O)Nc6cc(NC(=O)c7nccn7C)cn6C)cn5C)cn4C)NC(C)=O)cn3C)cn2C)cn1C. The number of amides is 11. The Morgan fingerprint density at radius 3 is 1.46 bits per heavy atom. The van der Waals surface area contributed by atoms with E-state index in [1.165, 1.54) is 93.2 Å². The van der Waals surface area contributed by atoms with Crippen molar-refractivity contribution in [2.45, 2.75) is 71.3 Å². The van der Waals surface area contributed by atoms with E-state index in [4.69, 9.17) is 4.74 Å². The van der Waals surface area contributed by atoms with Crippen LogP contribution in [0.25, 0.3) is 0 Å². The molecule has 11 amide bonds. The summed E-state index contributed by atoms with van der Waals surface area (Å²) in [5.74, 6) is -5.61. The molecular formula is C55H68N22O13. The standard InChI is InChI=1S/C55H68N22O13/c1-10-90-47(85)18-17-46(84)70-55-66-38(29-77(55)9)64-51(87)35-21-31(24-72(35)4)58-41(79)13-16-45(83)69-54-65-37(28-76(54)8)63-50(86)34(57-30(2)78)11-12-43(81)67-39-23-33(26-74(39)6)60-53(89)49-62-36(27-75(49)7)61-42(80)14-15-44(82)68-40-22-32(25-73(40)5)59-52(88)48-56-19-20-71(48)3/h19-29,34H,10-18H2,1-9H3,(H,57,78)(H,58,79)(H,59,88)(H,60,89)(H,61,80)(H,63,86)(H,64,87)(H,67,81)(H,68,82)(H,65,69,83)(H,66,70,84)/t34-/m1/s1. The fourth-order valence-corrected chi connectivity index (χ4v) is 8.65. The highest BCUT2D eigenvalue weighted by molar-refractivity contribution is 6.06.